The normalized spacial score (nSPS) is 10.1. The van der Waals surface area contributed by atoms with Crippen molar-refractivity contribution in [1.82, 2.24) is 4.98 Å². The molecule has 0 aliphatic heterocycles. The first-order valence-electron chi connectivity index (χ1n) is 5.60. The molecule has 92 valence electrons. The topological polar surface area (TPSA) is 39.2 Å². The number of halogens is 1. The van der Waals surface area contributed by atoms with Crippen LogP contribution in [-0.2, 0) is 0 Å². The Morgan fingerprint density at radius 3 is 2.89 bits per heavy atom. The highest BCUT2D eigenvalue weighted by atomic mass is 35.5. The standard InChI is InChI=1S/C14H12ClNO2/c1-2-18-11-6-3-5-10(9-11)14(17)13-12(15)7-4-8-16-13/h3-9H,2H2,1H3. The third-order valence-corrected chi connectivity index (χ3v) is 2.69. The fraction of sp³-hybridized carbons (Fsp3) is 0.143. The van der Waals surface area contributed by atoms with Gasteiger partial charge in [0, 0.05) is 11.8 Å². The number of nitrogens with zero attached hydrogens (tertiary/aromatic N) is 1. The van der Waals surface area contributed by atoms with Crippen molar-refractivity contribution in [1.29, 1.82) is 0 Å². The smallest absolute Gasteiger partial charge is 0.213 e. The molecule has 0 spiro atoms. The molecule has 0 fully saturated rings. The lowest BCUT2D eigenvalue weighted by Gasteiger charge is -2.06. The average molecular weight is 262 g/mol. The molecule has 1 aromatic carbocycles. The first-order chi connectivity index (χ1) is 8.72. The van der Waals surface area contributed by atoms with Crippen LogP contribution >= 0.6 is 11.6 Å². The molecule has 2 rings (SSSR count). The largest absolute Gasteiger partial charge is 0.494 e. The van der Waals surface area contributed by atoms with Crippen molar-refractivity contribution in [2.24, 2.45) is 0 Å². The van der Waals surface area contributed by atoms with Gasteiger partial charge in [-0.1, -0.05) is 23.7 Å². The number of carbonyl (C=O) groups is 1. The summed E-state index contributed by atoms with van der Waals surface area (Å²) in [5.74, 6) is 0.456. The molecule has 0 unspecified atom stereocenters. The summed E-state index contributed by atoms with van der Waals surface area (Å²) in [4.78, 5) is 16.2. The summed E-state index contributed by atoms with van der Waals surface area (Å²) in [6, 6.07) is 10.3. The Hall–Kier alpha value is -1.87. The van der Waals surface area contributed by atoms with Crippen molar-refractivity contribution in [2.45, 2.75) is 6.92 Å². The van der Waals surface area contributed by atoms with E-state index in [2.05, 4.69) is 4.98 Å². The van der Waals surface area contributed by atoms with Crippen LogP contribution < -0.4 is 4.74 Å². The van der Waals surface area contributed by atoms with Crippen LogP contribution in [0.3, 0.4) is 0 Å². The van der Waals surface area contributed by atoms with Gasteiger partial charge in [-0.05, 0) is 31.2 Å². The summed E-state index contributed by atoms with van der Waals surface area (Å²) >= 11 is 5.96. The number of pyridine rings is 1. The van der Waals surface area contributed by atoms with Crippen LogP contribution in [0.25, 0.3) is 0 Å². The fourth-order valence-corrected chi connectivity index (χ4v) is 1.79. The molecule has 0 radical (unpaired) electrons. The van der Waals surface area contributed by atoms with Gasteiger partial charge in [0.05, 0.1) is 11.6 Å². The Balaban J connectivity index is 2.34. The van der Waals surface area contributed by atoms with E-state index < -0.39 is 0 Å². The molecule has 0 aliphatic carbocycles. The van der Waals surface area contributed by atoms with E-state index in [1.807, 2.05) is 6.92 Å². The summed E-state index contributed by atoms with van der Waals surface area (Å²) < 4.78 is 5.36. The second-order valence-corrected chi connectivity index (χ2v) is 4.03. The molecule has 0 saturated carbocycles. The summed E-state index contributed by atoms with van der Waals surface area (Å²) in [5, 5.41) is 0.351. The van der Waals surface area contributed by atoms with Gasteiger partial charge < -0.3 is 4.74 Å². The number of ether oxygens (including phenoxy) is 1. The maximum Gasteiger partial charge on any atom is 0.213 e. The first-order valence-corrected chi connectivity index (χ1v) is 5.98. The Bertz CT molecular complexity index is 569. The molecular formula is C14H12ClNO2. The van der Waals surface area contributed by atoms with E-state index in [1.54, 1.807) is 42.6 Å². The third kappa shape index (κ3) is 2.68. The van der Waals surface area contributed by atoms with Crippen LogP contribution in [0.1, 0.15) is 23.0 Å². The number of ketones is 1. The van der Waals surface area contributed by atoms with Gasteiger partial charge in [-0.3, -0.25) is 9.78 Å². The van der Waals surface area contributed by atoms with Crippen LogP contribution in [-0.4, -0.2) is 17.4 Å². The molecule has 0 atom stereocenters. The van der Waals surface area contributed by atoms with Crippen LogP contribution in [0.15, 0.2) is 42.6 Å². The van der Waals surface area contributed by atoms with Gasteiger partial charge in [-0.15, -0.1) is 0 Å². The number of rotatable bonds is 4. The molecule has 2 aromatic rings. The molecule has 0 N–H and O–H groups in total. The Morgan fingerprint density at radius 1 is 1.33 bits per heavy atom. The first kappa shape index (κ1) is 12.6. The molecule has 1 heterocycles. The van der Waals surface area contributed by atoms with Crippen molar-refractivity contribution in [3.05, 3.63) is 58.9 Å². The van der Waals surface area contributed by atoms with E-state index in [9.17, 15) is 4.79 Å². The highest BCUT2D eigenvalue weighted by Gasteiger charge is 2.14. The molecule has 3 nitrogen and oxygen atoms in total. The zero-order valence-corrected chi connectivity index (χ0v) is 10.6. The predicted molar refractivity (Wildman–Crippen MR) is 70.3 cm³/mol. The number of hydrogen-bond acceptors (Lipinski definition) is 3. The number of benzene rings is 1. The Labute approximate surface area is 110 Å². The average Bonchev–Trinajstić information content (AvgIpc) is 2.39. The van der Waals surface area contributed by atoms with Crippen molar-refractivity contribution < 1.29 is 9.53 Å². The van der Waals surface area contributed by atoms with E-state index in [0.29, 0.717) is 22.9 Å². The lowest BCUT2D eigenvalue weighted by atomic mass is 10.1. The fourth-order valence-electron chi connectivity index (χ4n) is 1.58. The van der Waals surface area contributed by atoms with Gasteiger partial charge in [0.1, 0.15) is 11.4 Å². The maximum atomic E-state index is 12.2. The quantitative estimate of drug-likeness (QED) is 0.792. The zero-order valence-electron chi connectivity index (χ0n) is 9.89. The van der Waals surface area contributed by atoms with Crippen molar-refractivity contribution in [3.8, 4) is 5.75 Å². The molecule has 0 saturated heterocycles. The maximum absolute atomic E-state index is 12.2. The van der Waals surface area contributed by atoms with Crippen LogP contribution in [0.4, 0.5) is 0 Å². The second-order valence-electron chi connectivity index (χ2n) is 3.62. The van der Waals surface area contributed by atoms with E-state index in [0.717, 1.165) is 0 Å². The summed E-state index contributed by atoms with van der Waals surface area (Å²) in [7, 11) is 0. The third-order valence-electron chi connectivity index (χ3n) is 2.38. The summed E-state index contributed by atoms with van der Waals surface area (Å²) in [6.07, 6.45) is 1.55. The molecule has 18 heavy (non-hydrogen) atoms. The number of carbonyl (C=O) groups excluding carboxylic acids is 1. The van der Waals surface area contributed by atoms with Gasteiger partial charge >= 0.3 is 0 Å². The molecular weight excluding hydrogens is 250 g/mol. The Morgan fingerprint density at radius 2 is 2.17 bits per heavy atom. The zero-order chi connectivity index (χ0) is 13.0. The molecule has 4 heteroatoms. The number of aromatic nitrogens is 1. The molecule has 0 bridgehead atoms. The van der Waals surface area contributed by atoms with E-state index in [1.165, 1.54) is 0 Å². The van der Waals surface area contributed by atoms with Crippen molar-refractivity contribution in [2.75, 3.05) is 6.61 Å². The van der Waals surface area contributed by atoms with Crippen LogP contribution in [0.5, 0.6) is 5.75 Å². The van der Waals surface area contributed by atoms with E-state index >= 15 is 0 Å². The van der Waals surface area contributed by atoms with E-state index in [4.69, 9.17) is 16.3 Å². The monoisotopic (exact) mass is 261 g/mol. The van der Waals surface area contributed by atoms with Crippen LogP contribution in [0.2, 0.25) is 5.02 Å². The lowest BCUT2D eigenvalue weighted by molar-refractivity contribution is 0.103. The SMILES string of the molecule is CCOc1cccc(C(=O)c2ncccc2Cl)c1. The predicted octanol–water partition coefficient (Wildman–Crippen LogP) is 3.36. The summed E-state index contributed by atoms with van der Waals surface area (Å²) in [5.41, 5.74) is 0.773. The summed E-state index contributed by atoms with van der Waals surface area (Å²) in [6.45, 7) is 2.45. The molecule has 0 amide bonds. The van der Waals surface area contributed by atoms with Gasteiger partial charge in [-0.25, -0.2) is 0 Å². The second kappa shape index (κ2) is 5.65. The minimum Gasteiger partial charge on any atom is -0.494 e. The number of hydrogen-bond donors (Lipinski definition) is 0. The minimum atomic E-state index is -0.206. The highest BCUT2D eigenvalue weighted by molar-refractivity contribution is 6.34. The van der Waals surface area contributed by atoms with Crippen LogP contribution in [0, 0.1) is 0 Å². The van der Waals surface area contributed by atoms with Crippen molar-refractivity contribution >= 4 is 17.4 Å². The van der Waals surface area contributed by atoms with Gasteiger partial charge in [-0.2, -0.15) is 0 Å². The molecule has 0 aliphatic rings. The van der Waals surface area contributed by atoms with Gasteiger partial charge in [0.15, 0.2) is 0 Å². The minimum absolute atomic E-state index is 0.206. The Kier molecular flexibility index (Phi) is 3.95. The highest BCUT2D eigenvalue weighted by Crippen LogP contribution is 2.19. The van der Waals surface area contributed by atoms with Crippen molar-refractivity contribution in [3.63, 3.8) is 0 Å². The lowest BCUT2D eigenvalue weighted by Crippen LogP contribution is -2.05. The van der Waals surface area contributed by atoms with Gasteiger partial charge in [0.2, 0.25) is 5.78 Å². The molecule has 1 aromatic heterocycles. The van der Waals surface area contributed by atoms with E-state index in [-0.39, 0.29) is 11.5 Å². The van der Waals surface area contributed by atoms with Gasteiger partial charge in [0.25, 0.3) is 0 Å².